The zero-order chi connectivity index (χ0) is 14.5. The molecule has 8 heteroatoms. The van der Waals surface area contributed by atoms with Crippen LogP contribution >= 0.6 is 0 Å². The summed E-state index contributed by atoms with van der Waals surface area (Å²) in [5.41, 5.74) is -2.30. The first-order valence-corrected chi connectivity index (χ1v) is 5.35. The fraction of sp³-hybridized carbons (Fsp3) is 0.800. The predicted molar refractivity (Wildman–Crippen MR) is 52.7 cm³/mol. The number of carbonyl (C=O) groups is 2. The first-order valence-electron chi connectivity index (χ1n) is 5.35. The number of hydrogen-bond acceptors (Lipinski definition) is 8. The number of carbonyl (C=O) groups excluding carboxylic acids is 2. The van der Waals surface area contributed by atoms with Crippen LogP contribution in [0.1, 0.15) is 20.3 Å². The molecule has 0 amide bonds. The molecule has 3 N–H and O–H groups in total. The van der Waals surface area contributed by atoms with Crippen molar-refractivity contribution in [3.05, 3.63) is 0 Å². The minimum Gasteiger partial charge on any atom is -0.547 e. The minimum atomic E-state index is -2.44. The van der Waals surface area contributed by atoms with Crippen LogP contribution in [-0.4, -0.2) is 57.8 Å². The van der Waals surface area contributed by atoms with Crippen LogP contribution in [0.4, 0.5) is 0 Å². The number of aliphatic hydroxyl groups is 3. The SMILES string of the molecule is CCO[C@@](CC)(C(=O)[O-])[C@@H](O)[C@@H](O)[C@H](O)C(=O)[O-]. The van der Waals surface area contributed by atoms with Gasteiger partial charge in [-0.1, -0.05) is 6.92 Å². The van der Waals surface area contributed by atoms with Crippen molar-refractivity contribution in [2.24, 2.45) is 0 Å². The Bertz CT molecular complexity index is 304. The molecule has 0 aliphatic heterocycles. The van der Waals surface area contributed by atoms with Crippen LogP contribution in [0.2, 0.25) is 0 Å². The van der Waals surface area contributed by atoms with Gasteiger partial charge in [0, 0.05) is 6.61 Å². The van der Waals surface area contributed by atoms with Crippen molar-refractivity contribution in [3.8, 4) is 0 Å². The highest BCUT2D eigenvalue weighted by Gasteiger charge is 2.45. The van der Waals surface area contributed by atoms with E-state index in [0.717, 1.165) is 0 Å². The molecule has 0 aliphatic carbocycles. The second-order valence-electron chi connectivity index (χ2n) is 3.66. The first-order chi connectivity index (χ1) is 8.24. The van der Waals surface area contributed by atoms with Gasteiger partial charge in [-0.25, -0.2) is 0 Å². The van der Waals surface area contributed by atoms with Gasteiger partial charge in [0.05, 0.1) is 11.9 Å². The van der Waals surface area contributed by atoms with E-state index in [4.69, 9.17) is 9.84 Å². The summed E-state index contributed by atoms with van der Waals surface area (Å²) in [5, 5.41) is 49.5. The number of carboxylic acid groups (broad SMARTS) is 2. The molecule has 0 aromatic heterocycles. The van der Waals surface area contributed by atoms with Gasteiger partial charge in [0.2, 0.25) is 0 Å². The smallest absolute Gasteiger partial charge is 0.135 e. The molecule has 4 atom stereocenters. The lowest BCUT2D eigenvalue weighted by molar-refractivity contribution is -0.341. The highest BCUT2D eigenvalue weighted by molar-refractivity contribution is 5.77. The van der Waals surface area contributed by atoms with Gasteiger partial charge in [0.25, 0.3) is 0 Å². The topological polar surface area (TPSA) is 150 Å². The molecule has 0 aromatic rings. The maximum atomic E-state index is 11.0. The lowest BCUT2D eigenvalue weighted by Crippen LogP contribution is -2.64. The van der Waals surface area contributed by atoms with E-state index in [1.807, 2.05) is 0 Å². The summed E-state index contributed by atoms with van der Waals surface area (Å²) < 4.78 is 4.86. The van der Waals surface area contributed by atoms with Crippen LogP contribution < -0.4 is 10.2 Å². The highest BCUT2D eigenvalue weighted by Crippen LogP contribution is 2.24. The van der Waals surface area contributed by atoms with Crippen molar-refractivity contribution < 1.29 is 39.9 Å². The van der Waals surface area contributed by atoms with E-state index in [-0.39, 0.29) is 13.0 Å². The zero-order valence-corrected chi connectivity index (χ0v) is 10.0. The monoisotopic (exact) mass is 264 g/mol. The van der Waals surface area contributed by atoms with E-state index in [1.54, 1.807) is 0 Å². The van der Waals surface area contributed by atoms with E-state index in [2.05, 4.69) is 0 Å². The molecular weight excluding hydrogens is 248 g/mol. The van der Waals surface area contributed by atoms with Crippen LogP contribution in [0.15, 0.2) is 0 Å². The summed E-state index contributed by atoms with van der Waals surface area (Å²) in [5.74, 6) is -3.86. The number of aliphatic carboxylic acids is 2. The molecule has 8 nitrogen and oxygen atoms in total. The van der Waals surface area contributed by atoms with Gasteiger partial charge >= 0.3 is 0 Å². The Hall–Kier alpha value is -1.22. The summed E-state index contributed by atoms with van der Waals surface area (Å²) in [7, 11) is 0. The van der Waals surface area contributed by atoms with Crippen LogP contribution in [0, 0.1) is 0 Å². The molecule has 106 valence electrons. The van der Waals surface area contributed by atoms with Gasteiger partial charge in [-0.05, 0) is 13.3 Å². The molecule has 0 aliphatic rings. The lowest BCUT2D eigenvalue weighted by atomic mass is 9.87. The molecule has 0 rings (SSSR count). The van der Waals surface area contributed by atoms with Gasteiger partial charge in [-0.15, -0.1) is 0 Å². The number of carboxylic acids is 2. The Morgan fingerprint density at radius 3 is 2.00 bits per heavy atom. The molecule has 0 bridgehead atoms. The van der Waals surface area contributed by atoms with Gasteiger partial charge < -0.3 is 39.9 Å². The Kier molecular flexibility index (Phi) is 6.19. The average Bonchev–Trinajstić information content (AvgIpc) is 2.32. The molecule has 0 aromatic carbocycles. The maximum absolute atomic E-state index is 11.0. The van der Waals surface area contributed by atoms with Crippen LogP contribution in [0.5, 0.6) is 0 Å². The zero-order valence-electron chi connectivity index (χ0n) is 10.0. The maximum Gasteiger partial charge on any atom is 0.135 e. The number of rotatable bonds is 8. The van der Waals surface area contributed by atoms with Crippen molar-refractivity contribution in [2.75, 3.05) is 6.61 Å². The molecular formula is C10H16O8-2. The first kappa shape index (κ1) is 16.8. The summed E-state index contributed by atoms with van der Waals surface area (Å²) in [6, 6.07) is 0. The summed E-state index contributed by atoms with van der Waals surface area (Å²) in [4.78, 5) is 21.4. The third-order valence-electron chi connectivity index (χ3n) is 2.64. The van der Waals surface area contributed by atoms with Gasteiger partial charge in [-0.2, -0.15) is 0 Å². The second-order valence-corrected chi connectivity index (χ2v) is 3.66. The van der Waals surface area contributed by atoms with E-state index in [1.165, 1.54) is 13.8 Å². The second kappa shape index (κ2) is 6.64. The molecule has 0 unspecified atom stereocenters. The standard InChI is InChI=1S/C10H18O8/c1-3-10(9(16)17,18-4-2)7(13)5(11)6(12)8(14)15/h5-7,11-13H,3-4H2,1-2H3,(H,14,15)(H,16,17)/p-2/t5-,6-,7-,10+/m0/s1. The number of aliphatic hydroxyl groups excluding tert-OH is 3. The Morgan fingerprint density at radius 1 is 1.22 bits per heavy atom. The summed E-state index contributed by atoms with van der Waals surface area (Å²) in [6.07, 6.45) is -7.19. The van der Waals surface area contributed by atoms with Crippen LogP contribution in [-0.2, 0) is 14.3 Å². The molecule has 18 heavy (non-hydrogen) atoms. The lowest BCUT2D eigenvalue weighted by Gasteiger charge is -2.40. The van der Waals surface area contributed by atoms with Crippen molar-refractivity contribution in [3.63, 3.8) is 0 Å². The van der Waals surface area contributed by atoms with E-state index in [9.17, 15) is 30.0 Å². The van der Waals surface area contributed by atoms with E-state index in [0.29, 0.717) is 0 Å². The van der Waals surface area contributed by atoms with Gasteiger partial charge in [0.15, 0.2) is 0 Å². The Morgan fingerprint density at radius 2 is 1.72 bits per heavy atom. The predicted octanol–water partition coefficient (Wildman–Crippen LogP) is -4.25. The molecule has 0 fully saturated rings. The Labute approximate surface area is 103 Å². The summed E-state index contributed by atoms with van der Waals surface area (Å²) >= 11 is 0. The fourth-order valence-corrected chi connectivity index (χ4v) is 1.57. The Balaban J connectivity index is 5.24. The summed E-state index contributed by atoms with van der Waals surface area (Å²) in [6.45, 7) is 2.67. The normalized spacial score (nSPS) is 19.6. The fourth-order valence-electron chi connectivity index (χ4n) is 1.57. The molecule has 0 heterocycles. The number of hydrogen-bond donors (Lipinski definition) is 3. The van der Waals surface area contributed by atoms with Crippen LogP contribution in [0.25, 0.3) is 0 Å². The van der Waals surface area contributed by atoms with Crippen molar-refractivity contribution in [2.45, 2.75) is 44.2 Å². The van der Waals surface area contributed by atoms with E-state index < -0.39 is 35.9 Å². The van der Waals surface area contributed by atoms with Crippen molar-refractivity contribution >= 4 is 11.9 Å². The third-order valence-corrected chi connectivity index (χ3v) is 2.64. The largest absolute Gasteiger partial charge is 0.547 e. The molecule has 0 saturated heterocycles. The van der Waals surface area contributed by atoms with E-state index >= 15 is 0 Å². The quantitative estimate of drug-likeness (QED) is 0.399. The van der Waals surface area contributed by atoms with Crippen LogP contribution in [0.3, 0.4) is 0 Å². The highest BCUT2D eigenvalue weighted by atomic mass is 16.5. The van der Waals surface area contributed by atoms with Crippen molar-refractivity contribution in [1.29, 1.82) is 0 Å². The van der Waals surface area contributed by atoms with Gasteiger partial charge in [-0.3, -0.25) is 0 Å². The third kappa shape index (κ3) is 3.16. The molecule has 0 saturated carbocycles. The minimum absolute atomic E-state index is 0.118. The molecule has 0 spiro atoms. The van der Waals surface area contributed by atoms with Crippen molar-refractivity contribution in [1.82, 2.24) is 0 Å². The average molecular weight is 264 g/mol. The number of ether oxygens (including phenoxy) is 1. The van der Waals surface area contributed by atoms with Gasteiger partial charge in [0.1, 0.15) is 23.9 Å². The molecule has 0 radical (unpaired) electrons.